The number of amides is 3. The van der Waals surface area contributed by atoms with E-state index < -0.39 is 23.9 Å². The number of nitrogens with one attached hydrogen (secondary N) is 1. The predicted octanol–water partition coefficient (Wildman–Crippen LogP) is 0.242. The summed E-state index contributed by atoms with van der Waals surface area (Å²) in [5.74, 6) is -0.925. The summed E-state index contributed by atoms with van der Waals surface area (Å²) in [6, 6.07) is -1.50. The summed E-state index contributed by atoms with van der Waals surface area (Å²) in [4.78, 5) is 35.4. The van der Waals surface area contributed by atoms with Crippen LogP contribution >= 0.6 is 11.8 Å². The fraction of sp³-hybridized carbons (Fsp3) is 0.750. The molecule has 1 fully saturated rings. The summed E-state index contributed by atoms with van der Waals surface area (Å²) in [6.45, 7) is 5.23. The maximum absolute atomic E-state index is 12.1. The molecule has 0 aliphatic carbocycles. The molecule has 0 aromatic rings. The van der Waals surface area contributed by atoms with Crippen molar-refractivity contribution in [3.05, 3.63) is 0 Å². The van der Waals surface area contributed by atoms with Crippen LogP contribution in [0.2, 0.25) is 0 Å². The second kappa shape index (κ2) is 6.83. The molecule has 0 saturated carbocycles. The van der Waals surface area contributed by atoms with Crippen LogP contribution in [-0.2, 0) is 9.59 Å². The Kier molecular flexibility index (Phi) is 5.67. The Bertz CT molecular complexity index is 400. The number of aliphatic carboxylic acids is 1. The van der Waals surface area contributed by atoms with Gasteiger partial charge in [0, 0.05) is 30.0 Å². The standard InChI is InChI=1S/C12H21N3O4S/c1-12(2)7-15(5-6-20-12)11(19)14-8(10(17)18)3-4-9(13)16/h8H,3-7H2,1-2H3,(H2,13,16)(H,14,19)(H,17,18). The molecule has 7 nitrogen and oxygen atoms in total. The molecule has 0 radical (unpaired) electrons. The van der Waals surface area contributed by atoms with Crippen LogP contribution in [0.4, 0.5) is 4.79 Å². The number of thioether (sulfide) groups is 1. The summed E-state index contributed by atoms with van der Waals surface area (Å²) in [5.41, 5.74) is 4.99. The molecule has 1 saturated heterocycles. The molecular weight excluding hydrogens is 282 g/mol. The minimum Gasteiger partial charge on any atom is -0.480 e. The quantitative estimate of drug-likeness (QED) is 0.673. The lowest BCUT2D eigenvalue weighted by Gasteiger charge is -2.37. The van der Waals surface area contributed by atoms with Crippen LogP contribution in [0.3, 0.4) is 0 Å². The number of nitrogens with two attached hydrogens (primary N) is 1. The molecule has 20 heavy (non-hydrogen) atoms. The Morgan fingerprint density at radius 1 is 1.45 bits per heavy atom. The van der Waals surface area contributed by atoms with Gasteiger partial charge in [0.1, 0.15) is 6.04 Å². The summed E-state index contributed by atoms with van der Waals surface area (Å²) in [6.07, 6.45) is -0.0685. The molecule has 0 spiro atoms. The first-order valence-corrected chi connectivity index (χ1v) is 7.40. The third-order valence-electron chi connectivity index (χ3n) is 2.99. The van der Waals surface area contributed by atoms with E-state index in [0.717, 1.165) is 5.75 Å². The van der Waals surface area contributed by atoms with Crippen molar-refractivity contribution in [3.63, 3.8) is 0 Å². The predicted molar refractivity (Wildman–Crippen MR) is 76.5 cm³/mol. The number of rotatable bonds is 5. The van der Waals surface area contributed by atoms with Crippen molar-refractivity contribution in [1.82, 2.24) is 10.2 Å². The first-order valence-electron chi connectivity index (χ1n) is 6.42. The Morgan fingerprint density at radius 3 is 2.60 bits per heavy atom. The van der Waals surface area contributed by atoms with Crippen LogP contribution in [0, 0.1) is 0 Å². The van der Waals surface area contributed by atoms with E-state index in [2.05, 4.69) is 5.32 Å². The van der Waals surface area contributed by atoms with Crippen LogP contribution in [0.25, 0.3) is 0 Å². The largest absolute Gasteiger partial charge is 0.480 e. The van der Waals surface area contributed by atoms with Gasteiger partial charge >= 0.3 is 12.0 Å². The second-order valence-corrected chi connectivity index (χ2v) is 7.18. The highest BCUT2D eigenvalue weighted by molar-refractivity contribution is 8.00. The van der Waals surface area contributed by atoms with Gasteiger partial charge in [0.2, 0.25) is 5.91 Å². The summed E-state index contributed by atoms with van der Waals surface area (Å²) in [5, 5.41) is 11.5. The Hall–Kier alpha value is -1.44. The SMILES string of the molecule is CC1(C)CN(C(=O)NC(CCC(N)=O)C(=O)O)CCS1. The van der Waals surface area contributed by atoms with Gasteiger partial charge in [-0.25, -0.2) is 9.59 Å². The normalized spacial score (nSPS) is 19.2. The molecule has 1 heterocycles. The van der Waals surface area contributed by atoms with Gasteiger partial charge < -0.3 is 21.1 Å². The lowest BCUT2D eigenvalue weighted by Crippen LogP contribution is -2.53. The van der Waals surface area contributed by atoms with Crippen molar-refractivity contribution in [1.29, 1.82) is 0 Å². The second-order valence-electron chi connectivity index (χ2n) is 5.38. The van der Waals surface area contributed by atoms with E-state index in [1.54, 1.807) is 16.7 Å². The number of carbonyl (C=O) groups is 3. The van der Waals surface area contributed by atoms with E-state index in [1.807, 2.05) is 13.8 Å². The highest BCUT2D eigenvalue weighted by atomic mass is 32.2. The van der Waals surface area contributed by atoms with Crippen molar-refractivity contribution < 1.29 is 19.5 Å². The topological polar surface area (TPSA) is 113 Å². The smallest absolute Gasteiger partial charge is 0.326 e. The van der Waals surface area contributed by atoms with E-state index in [9.17, 15) is 14.4 Å². The number of primary amides is 1. The number of carbonyl (C=O) groups excluding carboxylic acids is 2. The average molecular weight is 303 g/mol. The molecule has 0 aromatic heterocycles. The highest BCUT2D eigenvalue weighted by Crippen LogP contribution is 2.29. The van der Waals surface area contributed by atoms with E-state index in [1.165, 1.54) is 0 Å². The first-order chi connectivity index (χ1) is 9.21. The number of carboxylic acid groups (broad SMARTS) is 1. The van der Waals surface area contributed by atoms with E-state index in [4.69, 9.17) is 10.8 Å². The number of urea groups is 1. The van der Waals surface area contributed by atoms with Crippen molar-refractivity contribution in [2.45, 2.75) is 37.5 Å². The Balaban J connectivity index is 2.57. The molecule has 1 unspecified atom stereocenters. The lowest BCUT2D eigenvalue weighted by molar-refractivity contribution is -0.139. The molecule has 0 bridgehead atoms. The summed E-state index contributed by atoms with van der Waals surface area (Å²) >= 11 is 1.78. The molecule has 4 N–H and O–H groups in total. The molecule has 0 aromatic carbocycles. The number of hydrogen-bond donors (Lipinski definition) is 3. The molecule has 8 heteroatoms. The van der Waals surface area contributed by atoms with E-state index >= 15 is 0 Å². The summed E-state index contributed by atoms with van der Waals surface area (Å²) < 4.78 is -0.0401. The monoisotopic (exact) mass is 303 g/mol. The number of hydrogen-bond acceptors (Lipinski definition) is 4. The van der Waals surface area contributed by atoms with Gasteiger partial charge in [0.15, 0.2) is 0 Å². The van der Waals surface area contributed by atoms with Crippen LogP contribution in [0.1, 0.15) is 26.7 Å². The fourth-order valence-corrected chi connectivity index (χ4v) is 3.09. The average Bonchev–Trinajstić information content (AvgIpc) is 2.32. The van der Waals surface area contributed by atoms with Gasteiger partial charge in [-0.05, 0) is 20.3 Å². The molecular formula is C12H21N3O4S. The van der Waals surface area contributed by atoms with Gasteiger partial charge in [0.25, 0.3) is 0 Å². The van der Waals surface area contributed by atoms with Crippen LogP contribution < -0.4 is 11.1 Å². The van der Waals surface area contributed by atoms with Gasteiger partial charge in [-0.15, -0.1) is 0 Å². The zero-order valence-corrected chi connectivity index (χ0v) is 12.5. The van der Waals surface area contributed by atoms with Gasteiger partial charge in [0.05, 0.1) is 0 Å². The third kappa shape index (κ3) is 5.28. The third-order valence-corrected chi connectivity index (χ3v) is 4.29. The van der Waals surface area contributed by atoms with Crippen molar-refractivity contribution in [3.8, 4) is 0 Å². The zero-order chi connectivity index (χ0) is 15.3. The molecule has 1 atom stereocenters. The van der Waals surface area contributed by atoms with Crippen molar-refractivity contribution >= 4 is 29.7 Å². The molecule has 1 rings (SSSR count). The van der Waals surface area contributed by atoms with Gasteiger partial charge in [-0.1, -0.05) is 0 Å². The van der Waals surface area contributed by atoms with Crippen LogP contribution in [0.5, 0.6) is 0 Å². The minimum atomic E-state index is -1.16. The maximum Gasteiger partial charge on any atom is 0.326 e. The van der Waals surface area contributed by atoms with E-state index in [-0.39, 0.29) is 17.6 Å². The minimum absolute atomic E-state index is 0.00237. The highest BCUT2D eigenvalue weighted by Gasteiger charge is 2.31. The molecule has 114 valence electrons. The number of nitrogens with zero attached hydrogens (tertiary/aromatic N) is 1. The number of carboxylic acids is 1. The molecule has 3 amide bonds. The zero-order valence-electron chi connectivity index (χ0n) is 11.7. The van der Waals surface area contributed by atoms with Gasteiger partial charge in [-0.3, -0.25) is 4.79 Å². The van der Waals surface area contributed by atoms with Crippen molar-refractivity contribution in [2.75, 3.05) is 18.8 Å². The maximum atomic E-state index is 12.1. The summed E-state index contributed by atoms with van der Waals surface area (Å²) in [7, 11) is 0. The molecule has 1 aliphatic rings. The van der Waals surface area contributed by atoms with Crippen LogP contribution in [0.15, 0.2) is 0 Å². The lowest BCUT2D eigenvalue weighted by atomic mass is 10.1. The fourth-order valence-electron chi connectivity index (χ4n) is 1.97. The first kappa shape index (κ1) is 16.6. The van der Waals surface area contributed by atoms with Gasteiger partial charge in [-0.2, -0.15) is 11.8 Å². The van der Waals surface area contributed by atoms with Crippen LogP contribution in [-0.4, -0.2) is 57.5 Å². The van der Waals surface area contributed by atoms with E-state index in [0.29, 0.717) is 13.1 Å². The van der Waals surface area contributed by atoms with Crippen molar-refractivity contribution in [2.24, 2.45) is 5.73 Å². The Labute approximate surface area is 122 Å². The molecule has 1 aliphatic heterocycles. The Morgan fingerprint density at radius 2 is 2.10 bits per heavy atom.